The number of amides is 1. The minimum Gasteiger partial charge on any atom is -0.397 e. The number of pyridine rings is 1. The van der Waals surface area contributed by atoms with Crippen LogP contribution in [0.4, 0.5) is 23.2 Å². The number of nitrogens with two attached hydrogens (primary N) is 1. The van der Waals surface area contributed by atoms with Crippen LogP contribution in [-0.2, 0) is 10.9 Å². The number of halogens is 4. The molecule has 1 fully saturated rings. The molecule has 1 saturated heterocycles. The maximum Gasteiger partial charge on any atom is 0.417 e. The van der Waals surface area contributed by atoms with Gasteiger partial charge in [-0.1, -0.05) is 12.1 Å². The number of thiophene rings is 1. The molecule has 2 N–H and O–H groups in total. The van der Waals surface area contributed by atoms with Crippen LogP contribution >= 0.6 is 11.3 Å². The maximum atomic E-state index is 13.8. The Morgan fingerprint density at radius 2 is 1.93 bits per heavy atom. The number of ether oxygens (including phenoxy) is 1. The van der Waals surface area contributed by atoms with Crippen LogP contribution in [0.3, 0.4) is 0 Å². The molecule has 1 aliphatic heterocycles. The summed E-state index contributed by atoms with van der Waals surface area (Å²) in [5.41, 5.74) is 4.90. The van der Waals surface area contributed by atoms with E-state index in [0.29, 0.717) is 26.3 Å². The molecule has 10 heteroatoms. The van der Waals surface area contributed by atoms with Crippen molar-refractivity contribution in [2.75, 3.05) is 32.0 Å². The minimum absolute atomic E-state index is 0.0105. The van der Waals surface area contributed by atoms with E-state index in [-0.39, 0.29) is 32.0 Å². The number of anilines is 1. The Hall–Kier alpha value is -2.72. The molecule has 5 nitrogen and oxygen atoms in total. The lowest BCUT2D eigenvalue weighted by Crippen LogP contribution is -2.40. The summed E-state index contributed by atoms with van der Waals surface area (Å²) >= 11 is 0.807. The summed E-state index contributed by atoms with van der Waals surface area (Å²) in [5, 5.41) is -0.306. The van der Waals surface area contributed by atoms with Gasteiger partial charge in [0.2, 0.25) is 0 Å². The van der Waals surface area contributed by atoms with E-state index in [1.165, 1.54) is 23.1 Å². The molecule has 0 bridgehead atoms. The molecule has 1 aromatic carbocycles. The van der Waals surface area contributed by atoms with Crippen molar-refractivity contribution in [2.24, 2.45) is 0 Å². The fourth-order valence-corrected chi connectivity index (χ4v) is 4.30. The molecule has 3 aromatic rings. The van der Waals surface area contributed by atoms with Gasteiger partial charge in [0.25, 0.3) is 5.91 Å². The molecule has 0 saturated carbocycles. The number of hydrogen-bond donors (Lipinski definition) is 1. The molecule has 0 atom stereocenters. The largest absolute Gasteiger partial charge is 0.417 e. The number of carbonyl (C=O) groups is 1. The summed E-state index contributed by atoms with van der Waals surface area (Å²) in [6, 6.07) is 5.98. The first kappa shape index (κ1) is 19.6. The van der Waals surface area contributed by atoms with Crippen LogP contribution in [0.15, 0.2) is 30.3 Å². The number of nitrogens with zero attached hydrogens (tertiary/aromatic N) is 2. The smallest absolute Gasteiger partial charge is 0.397 e. The average Bonchev–Trinajstić information content (AvgIpc) is 3.03. The van der Waals surface area contributed by atoms with Crippen molar-refractivity contribution < 1.29 is 27.1 Å². The van der Waals surface area contributed by atoms with Gasteiger partial charge in [-0.2, -0.15) is 13.2 Å². The summed E-state index contributed by atoms with van der Waals surface area (Å²) in [5.74, 6) is -1.04. The molecule has 0 spiro atoms. The lowest BCUT2D eigenvalue weighted by molar-refractivity contribution is -0.136. The number of benzene rings is 1. The lowest BCUT2D eigenvalue weighted by Gasteiger charge is -2.26. The summed E-state index contributed by atoms with van der Waals surface area (Å²) in [6.45, 7) is 1.37. The monoisotopic (exact) mass is 425 g/mol. The first-order valence-electron chi connectivity index (χ1n) is 8.69. The second-order valence-corrected chi connectivity index (χ2v) is 7.49. The van der Waals surface area contributed by atoms with E-state index in [4.69, 9.17) is 10.5 Å². The molecule has 3 heterocycles. The zero-order chi connectivity index (χ0) is 20.8. The fraction of sp³-hybridized carbons (Fsp3) is 0.263. The predicted octanol–water partition coefficient (Wildman–Crippen LogP) is 4.18. The van der Waals surface area contributed by atoms with E-state index >= 15 is 0 Å². The fourth-order valence-electron chi connectivity index (χ4n) is 3.21. The second-order valence-electron chi connectivity index (χ2n) is 6.49. The van der Waals surface area contributed by atoms with E-state index in [1.54, 1.807) is 0 Å². The van der Waals surface area contributed by atoms with Crippen molar-refractivity contribution in [3.05, 3.63) is 46.6 Å². The Kier molecular flexibility index (Phi) is 4.91. The van der Waals surface area contributed by atoms with Gasteiger partial charge in [-0.3, -0.25) is 4.79 Å². The number of nitrogen functional groups attached to an aromatic ring is 1. The van der Waals surface area contributed by atoms with Crippen molar-refractivity contribution in [2.45, 2.75) is 6.18 Å². The number of fused-ring (bicyclic) bond motifs is 1. The SMILES string of the molecule is Nc1c(C(=O)N2CCOCC2)sc2nc(-c3cccc(F)c3)cc(C(F)(F)F)c12. The van der Waals surface area contributed by atoms with E-state index in [9.17, 15) is 22.4 Å². The molecule has 1 amide bonds. The number of aromatic nitrogens is 1. The van der Waals surface area contributed by atoms with Crippen molar-refractivity contribution in [3.63, 3.8) is 0 Å². The molecule has 2 aromatic heterocycles. The Labute approximate surface area is 166 Å². The minimum atomic E-state index is -4.72. The van der Waals surface area contributed by atoms with Crippen LogP contribution in [0, 0.1) is 5.82 Å². The molecule has 4 rings (SSSR count). The summed E-state index contributed by atoms with van der Waals surface area (Å²) in [6.07, 6.45) is -4.72. The van der Waals surface area contributed by atoms with Gasteiger partial charge in [0.15, 0.2) is 0 Å². The third-order valence-electron chi connectivity index (χ3n) is 4.62. The lowest BCUT2D eigenvalue weighted by atomic mass is 10.1. The van der Waals surface area contributed by atoms with Gasteiger partial charge >= 0.3 is 6.18 Å². The van der Waals surface area contributed by atoms with Crippen molar-refractivity contribution in [3.8, 4) is 11.3 Å². The molecule has 29 heavy (non-hydrogen) atoms. The third-order valence-corrected chi connectivity index (χ3v) is 5.70. The molecule has 0 aliphatic carbocycles. The predicted molar refractivity (Wildman–Crippen MR) is 101 cm³/mol. The molecular weight excluding hydrogens is 410 g/mol. The Bertz CT molecular complexity index is 1090. The highest BCUT2D eigenvalue weighted by Gasteiger charge is 2.37. The number of alkyl halides is 3. The highest BCUT2D eigenvalue weighted by molar-refractivity contribution is 7.21. The van der Waals surface area contributed by atoms with Crippen molar-refractivity contribution in [1.82, 2.24) is 9.88 Å². The highest BCUT2D eigenvalue weighted by Crippen LogP contribution is 2.43. The number of rotatable bonds is 2. The van der Waals surface area contributed by atoms with Gasteiger partial charge in [-0.15, -0.1) is 11.3 Å². The molecule has 0 unspecified atom stereocenters. The van der Waals surface area contributed by atoms with Crippen LogP contribution in [0.2, 0.25) is 0 Å². The van der Waals surface area contributed by atoms with Crippen LogP contribution in [0.25, 0.3) is 21.5 Å². The quantitative estimate of drug-likeness (QED) is 0.626. The van der Waals surface area contributed by atoms with Gasteiger partial charge in [0.1, 0.15) is 15.5 Å². The van der Waals surface area contributed by atoms with Gasteiger partial charge < -0.3 is 15.4 Å². The van der Waals surface area contributed by atoms with Crippen LogP contribution < -0.4 is 5.73 Å². The van der Waals surface area contributed by atoms with Crippen LogP contribution in [0.5, 0.6) is 0 Å². The van der Waals surface area contributed by atoms with Crippen LogP contribution in [0.1, 0.15) is 15.2 Å². The van der Waals surface area contributed by atoms with Gasteiger partial charge in [-0.25, -0.2) is 9.37 Å². The second kappa shape index (κ2) is 7.27. The van der Waals surface area contributed by atoms with Crippen LogP contribution in [-0.4, -0.2) is 42.1 Å². The topological polar surface area (TPSA) is 68.5 Å². The third kappa shape index (κ3) is 3.65. The van der Waals surface area contributed by atoms with Gasteiger partial charge in [0, 0.05) is 24.0 Å². The summed E-state index contributed by atoms with van der Waals surface area (Å²) in [7, 11) is 0. The van der Waals surface area contributed by atoms with Gasteiger partial charge in [0.05, 0.1) is 30.2 Å². The molecular formula is C19H15F4N3O2S. The molecule has 0 radical (unpaired) electrons. The zero-order valence-electron chi connectivity index (χ0n) is 14.9. The molecule has 152 valence electrons. The zero-order valence-corrected chi connectivity index (χ0v) is 15.7. The maximum absolute atomic E-state index is 13.8. The van der Waals surface area contributed by atoms with E-state index < -0.39 is 23.5 Å². The van der Waals surface area contributed by atoms with Crippen molar-refractivity contribution in [1.29, 1.82) is 0 Å². The van der Waals surface area contributed by atoms with Gasteiger partial charge in [-0.05, 0) is 18.2 Å². The van der Waals surface area contributed by atoms with E-state index in [2.05, 4.69) is 4.98 Å². The number of hydrogen-bond acceptors (Lipinski definition) is 5. The first-order valence-corrected chi connectivity index (χ1v) is 9.50. The van der Waals surface area contributed by atoms with E-state index in [1.807, 2.05) is 0 Å². The van der Waals surface area contributed by atoms with Crippen molar-refractivity contribution >= 4 is 33.1 Å². The number of morpholine rings is 1. The molecule has 1 aliphatic rings. The Balaban J connectivity index is 1.89. The normalized spacial score (nSPS) is 15.1. The first-order chi connectivity index (χ1) is 13.8. The highest BCUT2D eigenvalue weighted by atomic mass is 32.1. The average molecular weight is 425 g/mol. The Morgan fingerprint density at radius 3 is 2.59 bits per heavy atom. The van der Waals surface area contributed by atoms with E-state index in [0.717, 1.165) is 23.5 Å². The summed E-state index contributed by atoms with van der Waals surface area (Å²) in [4.78, 5) is 18.5. The summed E-state index contributed by atoms with van der Waals surface area (Å²) < 4.78 is 60.1. The standard InChI is InChI=1S/C19H15F4N3O2S/c20-11-3-1-2-10(8-11)13-9-12(19(21,22)23)14-15(24)16(29-17(14)25-13)18(27)26-4-6-28-7-5-26/h1-3,8-9H,4-7,24H2. The Morgan fingerprint density at radius 1 is 1.21 bits per heavy atom. The number of carbonyl (C=O) groups excluding carboxylic acids is 1.